The first-order chi connectivity index (χ1) is 13.5. The standard InChI is InChI=1S/C19H25FN4O5/c1-19(2,3)29-17(27)22-14-10-12(7-8-13(14)20)21-15(25)6-5-9-24-16(26)11-23(4)18(24)28/h7-8,10H,5-6,9,11H2,1-4H3,(H,21,25)(H,22,27). The smallest absolute Gasteiger partial charge is 0.412 e. The zero-order chi connectivity index (χ0) is 21.8. The maximum absolute atomic E-state index is 13.9. The Labute approximate surface area is 168 Å². The van der Waals surface area contributed by atoms with Gasteiger partial charge >= 0.3 is 12.1 Å². The van der Waals surface area contributed by atoms with Crippen molar-refractivity contribution in [2.24, 2.45) is 0 Å². The van der Waals surface area contributed by atoms with E-state index in [0.717, 1.165) is 11.0 Å². The van der Waals surface area contributed by atoms with Crippen molar-refractivity contribution in [1.29, 1.82) is 0 Å². The van der Waals surface area contributed by atoms with Gasteiger partial charge in [0.15, 0.2) is 0 Å². The molecule has 1 aromatic carbocycles. The summed E-state index contributed by atoms with van der Waals surface area (Å²) in [5.41, 5.74) is -0.580. The summed E-state index contributed by atoms with van der Waals surface area (Å²) in [4.78, 5) is 49.8. The zero-order valence-electron chi connectivity index (χ0n) is 16.9. The summed E-state index contributed by atoms with van der Waals surface area (Å²) in [7, 11) is 1.53. The summed E-state index contributed by atoms with van der Waals surface area (Å²) in [6.07, 6.45) is -0.460. The van der Waals surface area contributed by atoms with Gasteiger partial charge in [-0.15, -0.1) is 0 Å². The van der Waals surface area contributed by atoms with Crippen LogP contribution in [0.15, 0.2) is 18.2 Å². The number of urea groups is 1. The molecular formula is C19H25FN4O5. The third-order valence-corrected chi connectivity index (χ3v) is 3.90. The molecule has 5 amide bonds. The van der Waals surface area contributed by atoms with E-state index in [-0.39, 0.29) is 48.7 Å². The molecule has 1 aliphatic heterocycles. The minimum atomic E-state index is -0.815. The Morgan fingerprint density at radius 3 is 2.48 bits per heavy atom. The van der Waals surface area contributed by atoms with E-state index in [9.17, 15) is 23.6 Å². The van der Waals surface area contributed by atoms with Crippen molar-refractivity contribution < 1.29 is 28.3 Å². The van der Waals surface area contributed by atoms with Gasteiger partial charge in [-0.05, 0) is 45.4 Å². The number of carbonyl (C=O) groups excluding carboxylic acids is 4. The number of imide groups is 1. The summed E-state index contributed by atoms with van der Waals surface area (Å²) in [5.74, 6) is -1.34. The Morgan fingerprint density at radius 2 is 1.90 bits per heavy atom. The number of likely N-dealkylation sites (N-methyl/N-ethyl adjacent to an activating group) is 1. The number of ether oxygens (including phenoxy) is 1. The van der Waals surface area contributed by atoms with Gasteiger partial charge in [-0.1, -0.05) is 0 Å². The highest BCUT2D eigenvalue weighted by atomic mass is 19.1. The fraction of sp³-hybridized carbons (Fsp3) is 0.474. The minimum absolute atomic E-state index is 0.0357. The lowest BCUT2D eigenvalue weighted by atomic mass is 10.2. The van der Waals surface area contributed by atoms with Gasteiger partial charge in [-0.2, -0.15) is 0 Å². The predicted molar refractivity (Wildman–Crippen MR) is 104 cm³/mol. The van der Waals surface area contributed by atoms with E-state index in [4.69, 9.17) is 4.74 Å². The molecule has 1 heterocycles. The molecular weight excluding hydrogens is 383 g/mol. The quantitative estimate of drug-likeness (QED) is 0.704. The number of anilines is 2. The third-order valence-electron chi connectivity index (χ3n) is 3.90. The summed E-state index contributed by atoms with van der Waals surface area (Å²) in [6, 6.07) is 3.36. The third kappa shape index (κ3) is 6.44. The molecule has 0 aliphatic carbocycles. The highest BCUT2D eigenvalue weighted by Crippen LogP contribution is 2.21. The summed E-state index contributed by atoms with van der Waals surface area (Å²) in [5, 5.41) is 4.89. The average molecular weight is 408 g/mol. The van der Waals surface area contributed by atoms with Crippen LogP contribution in [0.25, 0.3) is 0 Å². The van der Waals surface area contributed by atoms with Crippen molar-refractivity contribution >= 4 is 35.3 Å². The fourth-order valence-corrected chi connectivity index (χ4v) is 2.62. The maximum atomic E-state index is 13.9. The van der Waals surface area contributed by atoms with Gasteiger partial charge in [0.2, 0.25) is 11.8 Å². The molecule has 0 radical (unpaired) electrons. The number of amides is 5. The van der Waals surface area contributed by atoms with Crippen LogP contribution in [0.4, 0.5) is 25.4 Å². The van der Waals surface area contributed by atoms with Gasteiger partial charge in [0, 0.05) is 25.7 Å². The molecule has 158 valence electrons. The first-order valence-corrected chi connectivity index (χ1v) is 9.11. The van der Waals surface area contributed by atoms with Crippen LogP contribution in [-0.2, 0) is 14.3 Å². The molecule has 2 rings (SSSR count). The lowest BCUT2D eigenvalue weighted by molar-refractivity contribution is -0.125. The Hall–Kier alpha value is -3.17. The van der Waals surface area contributed by atoms with Crippen LogP contribution in [0.5, 0.6) is 0 Å². The van der Waals surface area contributed by atoms with E-state index in [1.165, 1.54) is 24.1 Å². The molecule has 0 spiro atoms. The summed E-state index contributed by atoms with van der Waals surface area (Å²) < 4.78 is 19.0. The highest BCUT2D eigenvalue weighted by Gasteiger charge is 2.32. The summed E-state index contributed by atoms with van der Waals surface area (Å²) >= 11 is 0. The SMILES string of the molecule is CN1CC(=O)N(CCCC(=O)Nc2ccc(F)c(NC(=O)OC(C)(C)C)c2)C1=O. The van der Waals surface area contributed by atoms with Gasteiger partial charge < -0.3 is 15.0 Å². The first kappa shape index (κ1) is 22.1. The van der Waals surface area contributed by atoms with Crippen molar-refractivity contribution in [2.75, 3.05) is 30.8 Å². The Bertz CT molecular complexity index is 821. The van der Waals surface area contributed by atoms with Crippen molar-refractivity contribution in [3.63, 3.8) is 0 Å². The first-order valence-electron chi connectivity index (χ1n) is 9.11. The topological polar surface area (TPSA) is 108 Å². The molecule has 9 nitrogen and oxygen atoms in total. The Balaban J connectivity index is 1.88. The van der Waals surface area contributed by atoms with Crippen LogP contribution in [0.3, 0.4) is 0 Å². The molecule has 0 aromatic heterocycles. The lowest BCUT2D eigenvalue weighted by Crippen LogP contribution is -2.32. The highest BCUT2D eigenvalue weighted by molar-refractivity contribution is 6.01. The zero-order valence-corrected chi connectivity index (χ0v) is 16.9. The second-order valence-electron chi connectivity index (χ2n) is 7.66. The number of hydrogen-bond donors (Lipinski definition) is 2. The van der Waals surface area contributed by atoms with Crippen LogP contribution >= 0.6 is 0 Å². The Kier molecular flexibility index (Phi) is 6.78. The van der Waals surface area contributed by atoms with E-state index in [0.29, 0.717) is 6.42 Å². The van der Waals surface area contributed by atoms with Gasteiger partial charge in [0.1, 0.15) is 18.0 Å². The lowest BCUT2D eigenvalue weighted by Gasteiger charge is -2.20. The molecule has 0 saturated carbocycles. The minimum Gasteiger partial charge on any atom is -0.444 e. The number of nitrogens with zero attached hydrogens (tertiary/aromatic N) is 2. The van der Waals surface area contributed by atoms with Gasteiger partial charge in [-0.3, -0.25) is 19.8 Å². The molecule has 2 N–H and O–H groups in total. The van der Waals surface area contributed by atoms with Gasteiger partial charge in [-0.25, -0.2) is 14.0 Å². The van der Waals surface area contributed by atoms with Crippen LogP contribution in [-0.4, -0.2) is 59.5 Å². The van der Waals surface area contributed by atoms with Crippen LogP contribution in [0.2, 0.25) is 0 Å². The Morgan fingerprint density at radius 1 is 1.21 bits per heavy atom. The second kappa shape index (κ2) is 8.89. The predicted octanol–water partition coefficient (Wildman–Crippen LogP) is 2.79. The summed E-state index contributed by atoms with van der Waals surface area (Å²) in [6.45, 7) is 5.22. The number of halogens is 1. The van der Waals surface area contributed by atoms with E-state index in [1.807, 2.05) is 0 Å². The molecule has 29 heavy (non-hydrogen) atoms. The number of rotatable bonds is 6. The normalized spacial score (nSPS) is 14.2. The fourth-order valence-electron chi connectivity index (χ4n) is 2.62. The number of benzene rings is 1. The largest absolute Gasteiger partial charge is 0.444 e. The average Bonchev–Trinajstić information content (AvgIpc) is 2.82. The van der Waals surface area contributed by atoms with E-state index in [1.54, 1.807) is 20.8 Å². The molecule has 0 unspecified atom stereocenters. The van der Waals surface area contributed by atoms with Crippen LogP contribution < -0.4 is 10.6 Å². The molecule has 1 fully saturated rings. The molecule has 1 saturated heterocycles. The van der Waals surface area contributed by atoms with Gasteiger partial charge in [0.25, 0.3) is 0 Å². The molecule has 0 bridgehead atoms. The molecule has 10 heteroatoms. The van der Waals surface area contributed by atoms with E-state index < -0.39 is 17.5 Å². The van der Waals surface area contributed by atoms with E-state index >= 15 is 0 Å². The maximum Gasteiger partial charge on any atom is 0.412 e. The van der Waals surface area contributed by atoms with Crippen LogP contribution in [0.1, 0.15) is 33.6 Å². The van der Waals surface area contributed by atoms with E-state index in [2.05, 4.69) is 10.6 Å². The van der Waals surface area contributed by atoms with Crippen molar-refractivity contribution in [1.82, 2.24) is 9.80 Å². The number of hydrogen-bond acceptors (Lipinski definition) is 5. The molecule has 0 atom stereocenters. The van der Waals surface area contributed by atoms with Crippen molar-refractivity contribution in [2.45, 2.75) is 39.2 Å². The van der Waals surface area contributed by atoms with Crippen molar-refractivity contribution in [3.8, 4) is 0 Å². The molecule has 1 aliphatic rings. The second-order valence-corrected chi connectivity index (χ2v) is 7.66. The number of nitrogens with one attached hydrogen (secondary N) is 2. The monoisotopic (exact) mass is 408 g/mol. The molecule has 1 aromatic rings. The van der Waals surface area contributed by atoms with Gasteiger partial charge in [0.05, 0.1) is 5.69 Å². The number of carbonyl (C=O) groups is 4. The van der Waals surface area contributed by atoms with Crippen LogP contribution in [0, 0.1) is 5.82 Å². The van der Waals surface area contributed by atoms with Crippen molar-refractivity contribution in [3.05, 3.63) is 24.0 Å².